The van der Waals surface area contributed by atoms with Crippen LogP contribution in [-0.2, 0) is 16.6 Å². The van der Waals surface area contributed by atoms with Crippen LogP contribution in [0.15, 0.2) is 36.8 Å². The van der Waals surface area contributed by atoms with Gasteiger partial charge in [0.2, 0.25) is 0 Å². The summed E-state index contributed by atoms with van der Waals surface area (Å²) in [5, 5.41) is 5.65. The number of anilines is 1. The predicted molar refractivity (Wildman–Crippen MR) is 114 cm³/mol. The highest BCUT2D eigenvalue weighted by Gasteiger charge is 2.31. The Hall–Kier alpha value is -3.42. The number of nitrogens with two attached hydrogens (primary N) is 1. The highest BCUT2D eigenvalue weighted by molar-refractivity contribution is 5.90. The minimum absolute atomic E-state index is 0.0311. The van der Waals surface area contributed by atoms with E-state index in [1.54, 1.807) is 0 Å². The van der Waals surface area contributed by atoms with Gasteiger partial charge in [0.25, 0.3) is 0 Å². The van der Waals surface area contributed by atoms with Crippen LogP contribution in [0.3, 0.4) is 0 Å². The standard InChI is InChI=1S/C22H24N6O2/c1-27-10-9-13-3-8-16(11-17(13)27)18-19-20(23)24-12-25-28(19)21(26-18)14-4-6-15(7-5-14)22(29)30-2/h3,8-12,14-15H,4-7H2,1-2H3,(H2,23,24,25). The summed E-state index contributed by atoms with van der Waals surface area (Å²) >= 11 is 0. The van der Waals surface area contributed by atoms with Crippen molar-refractivity contribution in [2.45, 2.75) is 31.6 Å². The molecule has 154 valence electrons. The molecule has 8 nitrogen and oxygen atoms in total. The number of nitrogen functional groups attached to an aromatic ring is 1. The number of carbonyl (C=O) groups excluding carboxylic acids is 1. The van der Waals surface area contributed by atoms with E-state index in [9.17, 15) is 4.79 Å². The first kappa shape index (κ1) is 18.6. The van der Waals surface area contributed by atoms with Gasteiger partial charge in [-0.2, -0.15) is 5.10 Å². The molecular formula is C22H24N6O2. The molecule has 1 aliphatic carbocycles. The van der Waals surface area contributed by atoms with Gasteiger partial charge in [-0.15, -0.1) is 0 Å². The van der Waals surface area contributed by atoms with Crippen LogP contribution in [-0.4, -0.2) is 37.2 Å². The maximum absolute atomic E-state index is 11.9. The van der Waals surface area contributed by atoms with Crippen molar-refractivity contribution in [3.8, 4) is 11.3 Å². The van der Waals surface area contributed by atoms with Crippen LogP contribution >= 0.6 is 0 Å². The zero-order valence-corrected chi connectivity index (χ0v) is 17.1. The number of esters is 1. The molecule has 3 aromatic heterocycles. The molecular weight excluding hydrogens is 380 g/mol. The van der Waals surface area contributed by atoms with Crippen molar-refractivity contribution in [1.82, 2.24) is 24.1 Å². The molecule has 0 saturated heterocycles. The monoisotopic (exact) mass is 404 g/mol. The lowest BCUT2D eigenvalue weighted by atomic mass is 9.81. The van der Waals surface area contributed by atoms with Crippen LogP contribution in [0.1, 0.15) is 37.4 Å². The van der Waals surface area contributed by atoms with Gasteiger partial charge >= 0.3 is 5.97 Å². The smallest absolute Gasteiger partial charge is 0.308 e. The highest BCUT2D eigenvalue weighted by Crippen LogP contribution is 2.38. The normalized spacial score (nSPS) is 19.4. The summed E-state index contributed by atoms with van der Waals surface area (Å²) in [4.78, 5) is 21.1. The third kappa shape index (κ3) is 2.91. The fourth-order valence-electron chi connectivity index (χ4n) is 4.61. The molecule has 8 heteroatoms. The zero-order valence-electron chi connectivity index (χ0n) is 17.1. The van der Waals surface area contributed by atoms with E-state index in [4.69, 9.17) is 15.5 Å². The summed E-state index contributed by atoms with van der Waals surface area (Å²) < 4.78 is 8.84. The lowest BCUT2D eigenvalue weighted by Crippen LogP contribution is -2.23. The molecule has 3 heterocycles. The second kappa shape index (κ2) is 7.12. The van der Waals surface area contributed by atoms with E-state index in [1.807, 2.05) is 17.8 Å². The lowest BCUT2D eigenvalue weighted by Gasteiger charge is -2.25. The van der Waals surface area contributed by atoms with E-state index in [1.165, 1.54) is 18.8 Å². The first-order chi connectivity index (χ1) is 14.6. The third-order valence-corrected chi connectivity index (χ3v) is 6.27. The average molecular weight is 404 g/mol. The Balaban J connectivity index is 1.59. The summed E-state index contributed by atoms with van der Waals surface area (Å²) in [5.74, 6) is 1.35. The molecule has 5 rings (SSSR count). The van der Waals surface area contributed by atoms with Gasteiger partial charge < -0.3 is 15.0 Å². The number of methoxy groups -OCH3 is 1. The maximum atomic E-state index is 11.9. The molecule has 0 unspecified atom stereocenters. The van der Waals surface area contributed by atoms with Crippen molar-refractivity contribution in [3.05, 3.63) is 42.6 Å². The molecule has 1 aromatic carbocycles. The molecule has 0 spiro atoms. The Labute approximate surface area is 173 Å². The molecule has 30 heavy (non-hydrogen) atoms. The molecule has 0 bridgehead atoms. The fraction of sp³-hybridized carbons (Fsp3) is 0.364. The zero-order chi connectivity index (χ0) is 20.8. The Morgan fingerprint density at radius 3 is 2.77 bits per heavy atom. The quantitative estimate of drug-likeness (QED) is 0.526. The second-order valence-corrected chi connectivity index (χ2v) is 8.00. The summed E-state index contributed by atoms with van der Waals surface area (Å²) in [5.41, 5.74) is 9.90. The number of benzene rings is 1. The summed E-state index contributed by atoms with van der Waals surface area (Å²) in [6, 6.07) is 8.38. The number of rotatable bonds is 3. The third-order valence-electron chi connectivity index (χ3n) is 6.27. The first-order valence-corrected chi connectivity index (χ1v) is 10.2. The molecule has 1 fully saturated rings. The summed E-state index contributed by atoms with van der Waals surface area (Å²) in [7, 11) is 3.48. The van der Waals surface area contributed by atoms with Gasteiger partial charge in [0.05, 0.1) is 13.0 Å². The fourth-order valence-corrected chi connectivity index (χ4v) is 4.61. The van der Waals surface area contributed by atoms with Gasteiger partial charge in [-0.25, -0.2) is 14.5 Å². The van der Waals surface area contributed by atoms with Gasteiger partial charge in [-0.3, -0.25) is 4.79 Å². The van der Waals surface area contributed by atoms with Gasteiger partial charge in [0, 0.05) is 30.2 Å². The Kier molecular flexibility index (Phi) is 4.42. The SMILES string of the molecule is COC(=O)C1CCC(c2nc(-c3ccc4ccn(C)c4c3)c3c(N)ncnn23)CC1. The van der Waals surface area contributed by atoms with Gasteiger partial charge in [0.15, 0.2) is 5.82 Å². The second-order valence-electron chi connectivity index (χ2n) is 8.00. The van der Waals surface area contributed by atoms with Gasteiger partial charge in [0.1, 0.15) is 23.4 Å². The Morgan fingerprint density at radius 1 is 1.20 bits per heavy atom. The number of hydrogen-bond acceptors (Lipinski definition) is 6. The van der Waals surface area contributed by atoms with Crippen molar-refractivity contribution in [3.63, 3.8) is 0 Å². The van der Waals surface area contributed by atoms with Crippen molar-refractivity contribution in [2.75, 3.05) is 12.8 Å². The van der Waals surface area contributed by atoms with E-state index in [-0.39, 0.29) is 17.8 Å². The van der Waals surface area contributed by atoms with Gasteiger partial charge in [-0.1, -0.05) is 12.1 Å². The van der Waals surface area contributed by atoms with Crippen LogP contribution in [0, 0.1) is 5.92 Å². The molecule has 0 radical (unpaired) electrons. The number of hydrogen-bond donors (Lipinski definition) is 1. The van der Waals surface area contributed by atoms with E-state index >= 15 is 0 Å². The van der Waals surface area contributed by atoms with Crippen molar-refractivity contribution < 1.29 is 9.53 Å². The van der Waals surface area contributed by atoms with Crippen LogP contribution in [0.5, 0.6) is 0 Å². The minimum Gasteiger partial charge on any atom is -0.469 e. The van der Waals surface area contributed by atoms with E-state index in [0.29, 0.717) is 5.82 Å². The molecule has 0 amide bonds. The number of fused-ring (bicyclic) bond motifs is 2. The number of ether oxygens (including phenoxy) is 1. The topological polar surface area (TPSA) is 100 Å². The summed E-state index contributed by atoms with van der Waals surface area (Å²) in [6.07, 6.45) is 6.81. The van der Waals surface area contributed by atoms with Crippen LogP contribution < -0.4 is 5.73 Å². The number of carbonyl (C=O) groups is 1. The van der Waals surface area contributed by atoms with E-state index in [0.717, 1.165) is 53.8 Å². The number of aryl methyl sites for hydroxylation is 1. The molecule has 0 aliphatic heterocycles. The molecule has 1 saturated carbocycles. The van der Waals surface area contributed by atoms with Gasteiger partial charge in [-0.05, 0) is 43.2 Å². The number of nitrogens with zero attached hydrogens (tertiary/aromatic N) is 5. The van der Waals surface area contributed by atoms with E-state index in [2.05, 4.69) is 38.9 Å². The minimum atomic E-state index is -0.121. The molecule has 0 atom stereocenters. The molecule has 1 aliphatic rings. The molecule has 4 aromatic rings. The predicted octanol–water partition coefficient (Wildman–Crippen LogP) is 3.31. The molecule has 2 N–H and O–H groups in total. The van der Waals surface area contributed by atoms with Crippen LogP contribution in [0.2, 0.25) is 0 Å². The van der Waals surface area contributed by atoms with Crippen molar-refractivity contribution in [2.24, 2.45) is 13.0 Å². The van der Waals surface area contributed by atoms with E-state index < -0.39 is 0 Å². The average Bonchev–Trinajstić information content (AvgIpc) is 3.35. The van der Waals surface area contributed by atoms with Crippen molar-refractivity contribution >= 4 is 28.2 Å². The highest BCUT2D eigenvalue weighted by atomic mass is 16.5. The Bertz CT molecular complexity index is 1250. The first-order valence-electron chi connectivity index (χ1n) is 10.2. The van der Waals surface area contributed by atoms with Crippen molar-refractivity contribution in [1.29, 1.82) is 0 Å². The summed E-state index contributed by atoms with van der Waals surface area (Å²) in [6.45, 7) is 0. The van der Waals surface area contributed by atoms with Crippen LogP contribution in [0.4, 0.5) is 5.82 Å². The number of aromatic nitrogens is 5. The van der Waals surface area contributed by atoms with Crippen LogP contribution in [0.25, 0.3) is 27.7 Å². The maximum Gasteiger partial charge on any atom is 0.308 e. The lowest BCUT2D eigenvalue weighted by molar-refractivity contribution is -0.146. The largest absolute Gasteiger partial charge is 0.469 e. The number of imidazole rings is 1. The Morgan fingerprint density at radius 2 is 2.00 bits per heavy atom.